The average Bonchev–Trinajstić information content (AvgIpc) is 3.38. The largest absolute Gasteiger partial charge is 0.395 e. The van der Waals surface area contributed by atoms with Crippen molar-refractivity contribution in [2.45, 2.75) is 32.9 Å². The lowest BCUT2D eigenvalue weighted by molar-refractivity contribution is -0.915. The smallest absolute Gasteiger partial charge is 0.276 e. The van der Waals surface area contributed by atoms with Crippen LogP contribution in [0.25, 0.3) is 16.0 Å². The van der Waals surface area contributed by atoms with Crippen molar-refractivity contribution in [3.8, 4) is 0 Å². The molecule has 8 nitrogen and oxygen atoms in total. The molecule has 3 aromatic heterocycles. The number of hydrogen-bond acceptors (Lipinski definition) is 7. The second-order valence-electron chi connectivity index (χ2n) is 7.82. The van der Waals surface area contributed by atoms with Crippen LogP contribution in [0.4, 0.5) is 5.82 Å². The molecule has 0 bridgehead atoms. The molecule has 0 spiro atoms. The molecule has 4 heterocycles. The van der Waals surface area contributed by atoms with E-state index in [1.54, 1.807) is 20.8 Å². The van der Waals surface area contributed by atoms with E-state index in [4.69, 9.17) is 4.98 Å². The number of benzene rings is 1. The summed E-state index contributed by atoms with van der Waals surface area (Å²) < 4.78 is 1.76. The van der Waals surface area contributed by atoms with E-state index in [0.29, 0.717) is 18.9 Å². The van der Waals surface area contributed by atoms with Gasteiger partial charge in [0.05, 0.1) is 30.0 Å². The maximum absolute atomic E-state index is 9.79. The highest BCUT2D eigenvalue weighted by Gasteiger charge is 2.29. The monoisotopic (exact) mass is 424 g/mol. The molecule has 5 rings (SSSR count). The molecule has 1 atom stereocenters. The quantitative estimate of drug-likeness (QED) is 0.462. The second kappa shape index (κ2) is 8.25. The van der Waals surface area contributed by atoms with Crippen LogP contribution in [-0.2, 0) is 19.5 Å². The zero-order valence-corrected chi connectivity index (χ0v) is 17.9. The minimum absolute atomic E-state index is 0.0624. The first-order valence-corrected chi connectivity index (χ1v) is 11.4. The minimum atomic E-state index is 0.0624. The summed E-state index contributed by atoms with van der Waals surface area (Å²) in [5.74, 6) is 1.38. The van der Waals surface area contributed by atoms with Crippen LogP contribution >= 0.6 is 11.3 Å². The topological polar surface area (TPSA) is 83.9 Å². The standard InChI is InChI=1S/C21H25N7OS/c1-2-9-26-10-8-16-17(14-26)30-20-18(16)19(22-21-23-24-25-28(20)21)27(11-12-29)13-15-6-4-3-5-7-15/h3-7,29H,2,8-14H2,1H3/p+1. The first kappa shape index (κ1) is 19.3. The van der Waals surface area contributed by atoms with Crippen molar-refractivity contribution in [3.63, 3.8) is 0 Å². The number of aliphatic hydroxyl groups excluding tert-OH is 1. The molecule has 2 N–H and O–H groups in total. The van der Waals surface area contributed by atoms with Crippen molar-refractivity contribution in [2.24, 2.45) is 0 Å². The van der Waals surface area contributed by atoms with E-state index in [2.05, 4.69) is 39.5 Å². The van der Waals surface area contributed by atoms with Crippen LogP contribution in [0.2, 0.25) is 0 Å². The van der Waals surface area contributed by atoms with Crippen molar-refractivity contribution in [2.75, 3.05) is 31.1 Å². The number of fused-ring (bicyclic) bond motifs is 5. The number of anilines is 1. The summed E-state index contributed by atoms with van der Waals surface area (Å²) in [5, 5.41) is 23.1. The summed E-state index contributed by atoms with van der Waals surface area (Å²) in [4.78, 5) is 11.1. The van der Waals surface area contributed by atoms with E-state index in [1.165, 1.54) is 29.0 Å². The molecule has 1 aliphatic heterocycles. The van der Waals surface area contributed by atoms with E-state index >= 15 is 0 Å². The Morgan fingerprint density at radius 1 is 1.27 bits per heavy atom. The van der Waals surface area contributed by atoms with Crippen molar-refractivity contribution < 1.29 is 10.0 Å². The molecule has 0 saturated carbocycles. The van der Waals surface area contributed by atoms with Gasteiger partial charge in [0.2, 0.25) is 0 Å². The number of tetrazole rings is 1. The van der Waals surface area contributed by atoms with Gasteiger partial charge in [0.15, 0.2) is 0 Å². The number of nitrogens with zero attached hydrogens (tertiary/aromatic N) is 6. The van der Waals surface area contributed by atoms with Crippen molar-refractivity contribution in [1.82, 2.24) is 25.0 Å². The Morgan fingerprint density at radius 2 is 2.13 bits per heavy atom. The highest BCUT2D eigenvalue weighted by atomic mass is 32.1. The summed E-state index contributed by atoms with van der Waals surface area (Å²) in [6.45, 7) is 6.88. The van der Waals surface area contributed by atoms with Crippen molar-refractivity contribution >= 4 is 33.1 Å². The predicted molar refractivity (Wildman–Crippen MR) is 117 cm³/mol. The molecule has 0 fully saturated rings. The number of aromatic nitrogens is 5. The molecular formula is C21H26N7OS+. The molecule has 1 aromatic carbocycles. The fourth-order valence-corrected chi connectivity index (χ4v) is 5.77. The summed E-state index contributed by atoms with van der Waals surface area (Å²) in [6, 6.07) is 10.3. The van der Waals surface area contributed by atoms with Gasteiger partial charge in [-0.2, -0.15) is 9.50 Å². The maximum Gasteiger partial charge on any atom is 0.276 e. The van der Waals surface area contributed by atoms with Crippen molar-refractivity contribution in [1.29, 1.82) is 0 Å². The number of thiophene rings is 1. The highest BCUT2D eigenvalue weighted by molar-refractivity contribution is 7.19. The average molecular weight is 425 g/mol. The van der Waals surface area contributed by atoms with E-state index in [1.807, 2.05) is 18.2 Å². The molecule has 0 saturated heterocycles. The number of rotatable bonds is 7. The first-order valence-electron chi connectivity index (χ1n) is 10.5. The second-order valence-corrected chi connectivity index (χ2v) is 8.90. The maximum atomic E-state index is 9.79. The summed E-state index contributed by atoms with van der Waals surface area (Å²) in [7, 11) is 0. The van der Waals surface area contributed by atoms with Crippen LogP contribution in [0.3, 0.4) is 0 Å². The summed E-state index contributed by atoms with van der Waals surface area (Å²) in [6.07, 6.45) is 2.23. The zero-order valence-electron chi connectivity index (χ0n) is 17.1. The lowest BCUT2D eigenvalue weighted by Gasteiger charge is -2.26. The van der Waals surface area contributed by atoms with Gasteiger partial charge in [-0.05, 0) is 28.0 Å². The Kier molecular flexibility index (Phi) is 5.32. The van der Waals surface area contributed by atoms with Gasteiger partial charge in [0, 0.05) is 19.5 Å². The first-order chi connectivity index (χ1) is 14.8. The third kappa shape index (κ3) is 3.42. The SMILES string of the molecule is CCC[NH+]1CCc2c(sc3c2c(N(CCO)Cc2ccccc2)nc2nnnn23)C1. The van der Waals surface area contributed by atoms with Crippen LogP contribution in [-0.4, -0.2) is 56.4 Å². The Bertz CT molecular complexity index is 1160. The molecule has 1 unspecified atom stereocenters. The van der Waals surface area contributed by atoms with E-state index < -0.39 is 0 Å². The predicted octanol–water partition coefficient (Wildman–Crippen LogP) is 1.08. The molecule has 30 heavy (non-hydrogen) atoms. The number of nitrogens with one attached hydrogen (secondary N) is 1. The lowest BCUT2D eigenvalue weighted by Crippen LogP contribution is -3.11. The lowest BCUT2D eigenvalue weighted by atomic mass is 10.0. The molecule has 0 aliphatic carbocycles. The van der Waals surface area contributed by atoms with Gasteiger partial charge in [-0.1, -0.05) is 42.4 Å². The van der Waals surface area contributed by atoms with Gasteiger partial charge in [-0.15, -0.1) is 11.3 Å². The fraction of sp³-hybridized carbons (Fsp3) is 0.429. The Balaban J connectivity index is 1.66. The van der Waals surface area contributed by atoms with Gasteiger partial charge < -0.3 is 14.9 Å². The van der Waals surface area contributed by atoms with Crippen LogP contribution < -0.4 is 9.80 Å². The molecule has 0 radical (unpaired) electrons. The van der Waals surface area contributed by atoms with E-state index in [-0.39, 0.29) is 6.61 Å². The van der Waals surface area contributed by atoms with E-state index in [0.717, 1.165) is 35.5 Å². The van der Waals surface area contributed by atoms with Crippen molar-refractivity contribution in [3.05, 3.63) is 46.3 Å². The molecule has 0 amide bonds. The van der Waals surface area contributed by atoms with Crippen LogP contribution in [0, 0.1) is 0 Å². The van der Waals surface area contributed by atoms with Crippen LogP contribution in [0.1, 0.15) is 29.3 Å². The molecule has 1 aliphatic rings. The third-order valence-electron chi connectivity index (χ3n) is 5.78. The van der Waals surface area contributed by atoms with Gasteiger partial charge in [-0.3, -0.25) is 0 Å². The fourth-order valence-electron chi connectivity index (χ4n) is 4.42. The van der Waals surface area contributed by atoms with E-state index in [9.17, 15) is 5.11 Å². The van der Waals surface area contributed by atoms with Crippen LogP contribution in [0.15, 0.2) is 30.3 Å². The summed E-state index contributed by atoms with van der Waals surface area (Å²) in [5.41, 5.74) is 2.56. The normalized spacial score (nSPS) is 16.3. The Hall–Kier alpha value is -2.62. The number of aliphatic hydroxyl groups is 1. The third-order valence-corrected chi connectivity index (χ3v) is 6.98. The van der Waals surface area contributed by atoms with Gasteiger partial charge in [0.25, 0.3) is 5.78 Å². The summed E-state index contributed by atoms with van der Waals surface area (Å²) >= 11 is 1.79. The molecule has 9 heteroatoms. The number of quaternary nitrogens is 1. The van der Waals surface area contributed by atoms with Crippen LogP contribution in [0.5, 0.6) is 0 Å². The van der Waals surface area contributed by atoms with Gasteiger partial charge in [0.1, 0.15) is 17.2 Å². The molecular weight excluding hydrogens is 398 g/mol. The van der Waals surface area contributed by atoms with Gasteiger partial charge >= 0.3 is 0 Å². The highest BCUT2D eigenvalue weighted by Crippen LogP contribution is 2.38. The number of hydrogen-bond donors (Lipinski definition) is 2. The van der Waals surface area contributed by atoms with Gasteiger partial charge in [-0.25, -0.2) is 0 Å². The minimum Gasteiger partial charge on any atom is -0.395 e. The Labute approximate surface area is 178 Å². The Morgan fingerprint density at radius 3 is 2.93 bits per heavy atom. The molecule has 4 aromatic rings. The molecule has 156 valence electrons. The zero-order chi connectivity index (χ0) is 20.5.